The number of azo groups is 2. The highest BCUT2D eigenvalue weighted by molar-refractivity contribution is 5.70. The molecule has 0 aliphatic rings. The number of para-hydroxylation sites is 1. The molecule has 5 aromatic rings. The molecule has 0 aliphatic carbocycles. The van der Waals surface area contributed by atoms with Crippen LogP contribution in [-0.2, 0) is 56.1 Å². The number of nitro benzene ring substituents is 1. The zero-order valence-electron chi connectivity index (χ0n) is 35.8. The molecule has 0 amide bonds. The lowest BCUT2D eigenvalue weighted by Crippen LogP contribution is -2.30. The average molecular weight is 840 g/mol. The summed E-state index contributed by atoms with van der Waals surface area (Å²) >= 11 is 0. The first kappa shape index (κ1) is 46.7. The number of nitro groups is 1. The Morgan fingerprint density at radius 1 is 0.548 bits per heavy atom. The van der Waals surface area contributed by atoms with Crippen LogP contribution >= 0.6 is 0 Å². The Morgan fingerprint density at radius 2 is 0.952 bits per heavy atom. The van der Waals surface area contributed by atoms with Crippen molar-refractivity contribution in [2.45, 2.75) is 104 Å². The number of carbonyl (C=O) groups is 2. The Bertz CT molecular complexity index is 2190. The minimum atomic E-state index is -0.896. The van der Waals surface area contributed by atoms with Gasteiger partial charge < -0.3 is 14.2 Å². The van der Waals surface area contributed by atoms with E-state index >= 15 is 0 Å². The molecule has 0 radical (unpaired) electrons. The second-order valence-corrected chi connectivity index (χ2v) is 15.2. The number of rotatable bonds is 26. The van der Waals surface area contributed by atoms with Crippen molar-refractivity contribution < 1.29 is 28.7 Å². The van der Waals surface area contributed by atoms with Gasteiger partial charge in [-0.3, -0.25) is 19.7 Å². The van der Waals surface area contributed by atoms with Gasteiger partial charge in [0.2, 0.25) is 0 Å². The van der Waals surface area contributed by atoms with Gasteiger partial charge in [0, 0.05) is 18.9 Å². The molecule has 0 fully saturated rings. The molecular weight excluding hydrogens is 783 g/mol. The van der Waals surface area contributed by atoms with Crippen molar-refractivity contribution in [3.8, 4) is 0 Å². The summed E-state index contributed by atoms with van der Waals surface area (Å²) in [5, 5.41) is 28.9. The molecule has 0 saturated heterocycles. The molecule has 12 heteroatoms. The van der Waals surface area contributed by atoms with Crippen LogP contribution in [0.2, 0.25) is 0 Å². The molecule has 0 N–H and O–H groups in total. The van der Waals surface area contributed by atoms with Crippen LogP contribution in [0, 0.1) is 10.1 Å². The van der Waals surface area contributed by atoms with Crippen LogP contribution in [0.15, 0.2) is 142 Å². The van der Waals surface area contributed by atoms with E-state index in [0.717, 1.165) is 66.0 Å². The lowest BCUT2D eigenvalue weighted by molar-refractivity contribution is -0.386. The summed E-state index contributed by atoms with van der Waals surface area (Å²) in [6.45, 7) is 3.97. The summed E-state index contributed by atoms with van der Waals surface area (Å²) in [5.41, 5.74) is 8.05. The Morgan fingerprint density at radius 3 is 1.37 bits per heavy atom. The van der Waals surface area contributed by atoms with E-state index in [2.05, 4.69) is 58.6 Å². The molecular formula is C50H57N5O7. The van der Waals surface area contributed by atoms with E-state index in [1.54, 1.807) is 18.2 Å². The quantitative estimate of drug-likeness (QED) is 0.0232. The van der Waals surface area contributed by atoms with Gasteiger partial charge in [-0.05, 0) is 128 Å². The average Bonchev–Trinajstić information content (AvgIpc) is 3.29. The summed E-state index contributed by atoms with van der Waals surface area (Å²) in [4.78, 5) is 36.8. The number of unbranched alkanes of at least 4 members (excludes halogenated alkanes) is 2. The molecule has 324 valence electrons. The van der Waals surface area contributed by atoms with E-state index in [0.29, 0.717) is 31.2 Å². The van der Waals surface area contributed by atoms with Crippen LogP contribution in [-0.4, -0.2) is 36.2 Å². The number of ether oxygens (including phenoxy) is 3. The maximum Gasteiger partial charge on any atom is 0.306 e. The van der Waals surface area contributed by atoms with Crippen LogP contribution in [0.5, 0.6) is 0 Å². The summed E-state index contributed by atoms with van der Waals surface area (Å²) in [6, 6.07) is 38.0. The van der Waals surface area contributed by atoms with Crippen molar-refractivity contribution in [2.24, 2.45) is 20.5 Å². The second kappa shape index (κ2) is 26.0. The smallest absolute Gasteiger partial charge is 0.306 e. The molecule has 0 bridgehead atoms. The van der Waals surface area contributed by atoms with Crippen LogP contribution in [0.4, 0.5) is 28.4 Å². The van der Waals surface area contributed by atoms with Gasteiger partial charge in [0.15, 0.2) is 6.10 Å². The summed E-state index contributed by atoms with van der Waals surface area (Å²) in [6.07, 6.45) is 8.56. The maximum absolute atomic E-state index is 13.0. The van der Waals surface area contributed by atoms with Gasteiger partial charge in [-0.25, -0.2) is 0 Å². The number of hydrogen-bond donors (Lipinski definition) is 0. The summed E-state index contributed by atoms with van der Waals surface area (Å²) < 4.78 is 17.0. The van der Waals surface area contributed by atoms with Crippen molar-refractivity contribution in [3.05, 3.63) is 159 Å². The Labute approximate surface area is 364 Å². The van der Waals surface area contributed by atoms with Crippen molar-refractivity contribution in [1.29, 1.82) is 0 Å². The Balaban J connectivity index is 1.06. The standard InChI is InChI=1S/C50H57N5O7/c1-3-5-11-38-19-27-43(28-20-38)51-53-45-31-23-40(24-32-45)13-9-17-49(56)61-37-47(36-60-35-42-15-7-8-16-48(42)55(58)59)62-50(57)18-10-14-41-25-33-46(34-26-41)54-52-44-29-21-39(22-30-44)12-6-4-2/h7-8,15-16,19-34,47H,3-6,9-14,17-18,35-37H2,1-2H3. The van der Waals surface area contributed by atoms with Gasteiger partial charge in [-0.1, -0.05) is 87.4 Å². The van der Waals surface area contributed by atoms with Gasteiger partial charge in [0.25, 0.3) is 5.69 Å². The topological polar surface area (TPSA) is 154 Å². The SMILES string of the molecule is CCCCc1ccc(N=Nc2ccc(CCCC(=O)OCC(COCc3ccccc3[N+](=O)[O-])OC(=O)CCCc3ccc(N=Nc4ccc(CCCC)cc4)cc3)cc2)cc1. The molecule has 1 atom stereocenters. The number of hydrogen-bond acceptors (Lipinski definition) is 11. The number of carbonyl (C=O) groups excluding carboxylic acids is 2. The third-order valence-corrected chi connectivity index (χ3v) is 10.1. The number of esters is 2. The highest BCUT2D eigenvalue weighted by atomic mass is 16.6. The fourth-order valence-electron chi connectivity index (χ4n) is 6.51. The molecule has 5 aromatic carbocycles. The highest BCUT2D eigenvalue weighted by Crippen LogP contribution is 2.23. The van der Waals surface area contributed by atoms with Gasteiger partial charge in [0.1, 0.15) is 6.61 Å². The van der Waals surface area contributed by atoms with E-state index in [-0.39, 0.29) is 38.3 Å². The van der Waals surface area contributed by atoms with Crippen molar-refractivity contribution in [3.63, 3.8) is 0 Å². The first-order valence-corrected chi connectivity index (χ1v) is 21.6. The first-order valence-electron chi connectivity index (χ1n) is 21.6. The first-order chi connectivity index (χ1) is 30.3. The second-order valence-electron chi connectivity index (χ2n) is 15.2. The molecule has 0 heterocycles. The van der Waals surface area contributed by atoms with Crippen LogP contribution in [0.3, 0.4) is 0 Å². The highest BCUT2D eigenvalue weighted by Gasteiger charge is 2.19. The summed E-state index contributed by atoms with van der Waals surface area (Å²) in [5.74, 6) is -0.894. The lowest BCUT2D eigenvalue weighted by Gasteiger charge is -2.18. The maximum atomic E-state index is 13.0. The number of nitrogens with zero attached hydrogens (tertiary/aromatic N) is 5. The molecule has 62 heavy (non-hydrogen) atoms. The van der Waals surface area contributed by atoms with E-state index in [9.17, 15) is 19.7 Å². The Kier molecular flexibility index (Phi) is 19.6. The molecule has 12 nitrogen and oxygen atoms in total. The van der Waals surface area contributed by atoms with Gasteiger partial charge in [-0.2, -0.15) is 20.5 Å². The lowest BCUT2D eigenvalue weighted by atomic mass is 10.1. The molecule has 0 spiro atoms. The van der Waals surface area contributed by atoms with Gasteiger partial charge in [0.05, 0.1) is 46.5 Å². The minimum absolute atomic E-state index is 0.0709. The predicted octanol–water partition coefficient (Wildman–Crippen LogP) is 13.1. The third-order valence-electron chi connectivity index (χ3n) is 10.1. The van der Waals surface area contributed by atoms with Gasteiger partial charge in [-0.15, -0.1) is 0 Å². The molecule has 0 aliphatic heterocycles. The molecule has 0 saturated carbocycles. The Hall–Kier alpha value is -6.40. The fourth-order valence-corrected chi connectivity index (χ4v) is 6.51. The van der Waals surface area contributed by atoms with Crippen molar-refractivity contribution >= 4 is 40.4 Å². The molecule has 1 unspecified atom stereocenters. The summed E-state index contributed by atoms with van der Waals surface area (Å²) in [7, 11) is 0. The monoisotopic (exact) mass is 839 g/mol. The van der Waals surface area contributed by atoms with E-state index in [4.69, 9.17) is 14.2 Å². The number of aryl methyl sites for hydroxylation is 4. The van der Waals surface area contributed by atoms with Crippen LogP contribution in [0.1, 0.15) is 93.0 Å². The normalized spacial score (nSPS) is 11.8. The number of benzene rings is 5. The zero-order chi connectivity index (χ0) is 43.8. The third kappa shape index (κ3) is 16.9. The van der Waals surface area contributed by atoms with E-state index in [1.165, 1.54) is 23.6 Å². The molecule has 5 rings (SSSR count). The van der Waals surface area contributed by atoms with Crippen LogP contribution < -0.4 is 0 Å². The van der Waals surface area contributed by atoms with Gasteiger partial charge >= 0.3 is 11.9 Å². The van der Waals surface area contributed by atoms with E-state index in [1.807, 2.05) is 72.8 Å². The van der Waals surface area contributed by atoms with Crippen molar-refractivity contribution in [1.82, 2.24) is 0 Å². The van der Waals surface area contributed by atoms with E-state index < -0.39 is 23.0 Å². The zero-order valence-corrected chi connectivity index (χ0v) is 35.8. The fraction of sp³-hybridized carbons (Fsp3) is 0.360. The largest absolute Gasteiger partial charge is 0.462 e. The predicted molar refractivity (Wildman–Crippen MR) is 241 cm³/mol. The molecule has 0 aromatic heterocycles. The minimum Gasteiger partial charge on any atom is -0.462 e. The van der Waals surface area contributed by atoms with Crippen molar-refractivity contribution in [2.75, 3.05) is 13.2 Å². The van der Waals surface area contributed by atoms with Crippen LogP contribution in [0.25, 0.3) is 0 Å².